The van der Waals surface area contributed by atoms with Crippen molar-refractivity contribution >= 4 is 38.3 Å². The number of halogens is 1. The molecule has 1 amide bonds. The van der Waals surface area contributed by atoms with Crippen LogP contribution in [-0.2, 0) is 10.0 Å². The smallest absolute Gasteiger partial charge is 0.261 e. The second-order valence-electron chi connectivity index (χ2n) is 7.86. The molecule has 0 spiro atoms. The number of benzene rings is 2. The predicted molar refractivity (Wildman–Crippen MR) is 124 cm³/mol. The summed E-state index contributed by atoms with van der Waals surface area (Å²) >= 11 is 0. The second kappa shape index (κ2) is 8.62. The summed E-state index contributed by atoms with van der Waals surface area (Å²) in [5, 5.41) is 7.86. The Kier molecular flexibility index (Phi) is 5.86. The van der Waals surface area contributed by atoms with E-state index in [0.29, 0.717) is 16.9 Å². The van der Waals surface area contributed by atoms with Crippen LogP contribution in [0.2, 0.25) is 0 Å². The number of fused-ring (bicyclic) bond motifs is 1. The van der Waals surface area contributed by atoms with Crippen LogP contribution in [0.25, 0.3) is 11.0 Å². The van der Waals surface area contributed by atoms with Crippen molar-refractivity contribution in [2.24, 2.45) is 0 Å². The Morgan fingerprint density at radius 2 is 1.76 bits per heavy atom. The zero-order valence-electron chi connectivity index (χ0n) is 18.2. The Hall–Kier alpha value is -3.79. The third-order valence-electron chi connectivity index (χ3n) is 5.04. The summed E-state index contributed by atoms with van der Waals surface area (Å²) in [4.78, 5) is 17.2. The molecule has 2 heterocycles. The number of carbonyl (C=O) groups is 1. The number of amides is 1. The van der Waals surface area contributed by atoms with E-state index in [0.717, 1.165) is 17.5 Å². The van der Waals surface area contributed by atoms with Crippen molar-refractivity contribution in [1.29, 1.82) is 0 Å². The predicted octanol–water partition coefficient (Wildman–Crippen LogP) is 4.51. The lowest BCUT2D eigenvalue weighted by molar-refractivity contribution is 0.102. The number of nitrogens with one attached hydrogen (secondary N) is 2. The number of anilines is 2. The number of aryl methyl sites for hydroxylation is 1. The second-order valence-corrected chi connectivity index (χ2v) is 9.55. The number of sulfonamides is 1. The lowest BCUT2D eigenvalue weighted by Gasteiger charge is -2.12. The molecule has 0 saturated heterocycles. The highest BCUT2D eigenvalue weighted by atomic mass is 32.2. The molecule has 0 aliphatic carbocycles. The van der Waals surface area contributed by atoms with E-state index in [1.54, 1.807) is 29.9 Å². The zero-order chi connectivity index (χ0) is 23.8. The van der Waals surface area contributed by atoms with E-state index >= 15 is 0 Å². The van der Waals surface area contributed by atoms with E-state index in [-0.39, 0.29) is 22.2 Å². The van der Waals surface area contributed by atoms with Crippen LogP contribution in [0.1, 0.15) is 35.8 Å². The van der Waals surface area contributed by atoms with E-state index in [2.05, 4.69) is 20.1 Å². The number of hydrogen-bond acceptors (Lipinski definition) is 5. The van der Waals surface area contributed by atoms with E-state index in [1.165, 1.54) is 30.5 Å². The summed E-state index contributed by atoms with van der Waals surface area (Å²) in [7, 11) is -3.98. The Morgan fingerprint density at radius 3 is 2.45 bits per heavy atom. The average Bonchev–Trinajstić information content (AvgIpc) is 3.19. The molecule has 2 aromatic carbocycles. The fourth-order valence-electron chi connectivity index (χ4n) is 3.33. The van der Waals surface area contributed by atoms with E-state index < -0.39 is 21.7 Å². The molecule has 2 N–H and O–H groups in total. The van der Waals surface area contributed by atoms with E-state index in [1.807, 2.05) is 13.8 Å². The van der Waals surface area contributed by atoms with Crippen molar-refractivity contribution in [3.05, 3.63) is 77.9 Å². The number of pyridine rings is 1. The molecule has 4 aromatic rings. The molecule has 4 rings (SSSR count). The van der Waals surface area contributed by atoms with Gasteiger partial charge in [0.05, 0.1) is 23.0 Å². The first-order valence-corrected chi connectivity index (χ1v) is 11.7. The summed E-state index contributed by atoms with van der Waals surface area (Å²) in [5.41, 5.74) is 2.20. The van der Waals surface area contributed by atoms with Crippen LogP contribution in [-0.4, -0.2) is 29.1 Å². The molecular weight excluding hydrogens is 445 g/mol. The van der Waals surface area contributed by atoms with Gasteiger partial charge in [-0.05, 0) is 68.8 Å². The van der Waals surface area contributed by atoms with Crippen LogP contribution >= 0.6 is 0 Å². The molecule has 170 valence electrons. The lowest BCUT2D eigenvalue weighted by Crippen LogP contribution is -2.17. The Morgan fingerprint density at radius 1 is 1.03 bits per heavy atom. The van der Waals surface area contributed by atoms with Crippen molar-refractivity contribution in [2.45, 2.75) is 31.7 Å². The van der Waals surface area contributed by atoms with Gasteiger partial charge < -0.3 is 5.32 Å². The quantitative estimate of drug-likeness (QED) is 0.434. The highest BCUT2D eigenvalue weighted by Crippen LogP contribution is 2.22. The highest BCUT2D eigenvalue weighted by molar-refractivity contribution is 7.92. The summed E-state index contributed by atoms with van der Waals surface area (Å²) in [6.07, 6.45) is 3.21. The minimum Gasteiger partial charge on any atom is -0.321 e. The van der Waals surface area contributed by atoms with Crippen LogP contribution in [0, 0.1) is 12.7 Å². The number of rotatable bonds is 6. The SMILES string of the molecule is Cc1ccc(S(=O)(=O)Nc2ccc(F)cc2)cc1C(=O)Nc1cnc2c(cnn2C(C)C)c1. The van der Waals surface area contributed by atoms with Crippen LogP contribution < -0.4 is 10.0 Å². The molecular formula is C23H22FN5O3S. The number of nitrogens with zero attached hydrogens (tertiary/aromatic N) is 3. The largest absolute Gasteiger partial charge is 0.321 e. The molecule has 0 fully saturated rings. The maximum Gasteiger partial charge on any atom is 0.261 e. The normalized spacial score (nSPS) is 11.7. The Bertz CT molecular complexity index is 1450. The van der Waals surface area contributed by atoms with Crippen molar-refractivity contribution < 1.29 is 17.6 Å². The zero-order valence-corrected chi connectivity index (χ0v) is 19.0. The molecule has 0 aliphatic heterocycles. The maximum atomic E-state index is 13.1. The molecule has 0 bridgehead atoms. The van der Waals surface area contributed by atoms with Gasteiger partial charge in [0.25, 0.3) is 15.9 Å². The molecule has 10 heteroatoms. The lowest BCUT2D eigenvalue weighted by atomic mass is 10.1. The molecule has 0 saturated carbocycles. The van der Waals surface area contributed by atoms with E-state index in [4.69, 9.17) is 0 Å². The molecule has 33 heavy (non-hydrogen) atoms. The summed E-state index contributed by atoms with van der Waals surface area (Å²) in [6, 6.07) is 11.1. The van der Waals surface area contributed by atoms with Crippen LogP contribution in [0.4, 0.5) is 15.8 Å². The average molecular weight is 468 g/mol. The third-order valence-corrected chi connectivity index (χ3v) is 6.42. The van der Waals surface area contributed by atoms with Gasteiger partial charge in [-0.15, -0.1) is 0 Å². The topological polar surface area (TPSA) is 106 Å². The Balaban J connectivity index is 1.58. The fraction of sp³-hybridized carbons (Fsp3) is 0.174. The van der Waals surface area contributed by atoms with Gasteiger partial charge in [0.2, 0.25) is 0 Å². The first-order valence-electron chi connectivity index (χ1n) is 10.2. The summed E-state index contributed by atoms with van der Waals surface area (Å²) in [5.74, 6) is -0.944. The van der Waals surface area contributed by atoms with Crippen LogP contribution in [0.3, 0.4) is 0 Å². The summed E-state index contributed by atoms with van der Waals surface area (Å²) < 4.78 is 42.8. The molecule has 0 atom stereocenters. The highest BCUT2D eigenvalue weighted by Gasteiger charge is 2.19. The standard InChI is InChI=1S/C23H22FN5O3S/c1-14(2)29-22-16(12-26-29)10-19(13-25-22)27-23(30)21-11-20(9-4-15(21)3)33(31,32)28-18-7-5-17(24)6-8-18/h4-14,28H,1-3H3,(H,27,30). The van der Waals surface area contributed by atoms with E-state index in [9.17, 15) is 17.6 Å². The molecule has 0 unspecified atom stereocenters. The van der Waals surface area contributed by atoms with Crippen molar-refractivity contribution in [1.82, 2.24) is 14.8 Å². The van der Waals surface area contributed by atoms with Crippen molar-refractivity contribution in [3.8, 4) is 0 Å². The minimum absolute atomic E-state index is 0.0886. The molecule has 8 nitrogen and oxygen atoms in total. The third kappa shape index (κ3) is 4.70. The first-order chi connectivity index (χ1) is 15.6. The summed E-state index contributed by atoms with van der Waals surface area (Å²) in [6.45, 7) is 5.71. The van der Waals surface area contributed by atoms with Gasteiger partial charge in [-0.3, -0.25) is 9.52 Å². The van der Waals surface area contributed by atoms with Gasteiger partial charge in [0.15, 0.2) is 5.65 Å². The van der Waals surface area contributed by atoms with Gasteiger partial charge in [-0.1, -0.05) is 6.07 Å². The molecule has 0 aliphatic rings. The number of aromatic nitrogens is 3. The van der Waals surface area contributed by atoms with Gasteiger partial charge in [-0.2, -0.15) is 5.10 Å². The van der Waals surface area contributed by atoms with Gasteiger partial charge in [0, 0.05) is 22.7 Å². The van der Waals surface area contributed by atoms with Crippen molar-refractivity contribution in [3.63, 3.8) is 0 Å². The fourth-order valence-corrected chi connectivity index (χ4v) is 4.41. The maximum absolute atomic E-state index is 13.1. The Labute approximate surface area is 190 Å². The van der Waals surface area contributed by atoms with Crippen molar-refractivity contribution in [2.75, 3.05) is 10.0 Å². The molecule has 2 aromatic heterocycles. The number of hydrogen-bond donors (Lipinski definition) is 2. The first kappa shape index (κ1) is 22.4. The van der Waals surface area contributed by atoms with Gasteiger partial charge in [-0.25, -0.2) is 22.5 Å². The minimum atomic E-state index is -3.98. The van der Waals surface area contributed by atoms with Gasteiger partial charge in [0.1, 0.15) is 5.82 Å². The monoisotopic (exact) mass is 467 g/mol. The van der Waals surface area contributed by atoms with Crippen LogP contribution in [0.5, 0.6) is 0 Å². The molecule has 0 radical (unpaired) electrons. The number of carbonyl (C=O) groups excluding carboxylic acids is 1. The van der Waals surface area contributed by atoms with Gasteiger partial charge >= 0.3 is 0 Å². The van der Waals surface area contributed by atoms with Crippen LogP contribution in [0.15, 0.2) is 65.8 Å².